The Morgan fingerprint density at radius 1 is 0.825 bits per heavy atom. The first-order valence-electron chi connectivity index (χ1n) is 14.1. The van der Waals surface area contributed by atoms with E-state index in [4.69, 9.17) is 0 Å². The number of piperazine rings is 1. The van der Waals surface area contributed by atoms with Crippen molar-refractivity contribution >= 4 is 34.3 Å². The van der Waals surface area contributed by atoms with Crippen molar-refractivity contribution in [2.45, 2.75) is 57.3 Å². The van der Waals surface area contributed by atoms with Crippen LogP contribution in [0.15, 0.2) is 78.9 Å². The Morgan fingerprint density at radius 2 is 1.52 bits per heavy atom. The van der Waals surface area contributed by atoms with E-state index in [1.807, 2.05) is 64.4 Å². The van der Waals surface area contributed by atoms with E-state index < -0.39 is 12.1 Å². The molecule has 7 rings (SSSR count). The summed E-state index contributed by atoms with van der Waals surface area (Å²) in [4.78, 5) is 48.0. The van der Waals surface area contributed by atoms with Crippen LogP contribution in [-0.4, -0.2) is 44.6 Å². The van der Waals surface area contributed by atoms with Gasteiger partial charge in [0.05, 0.1) is 12.1 Å². The average Bonchev–Trinajstić information content (AvgIpc) is 3.34. The number of fused-ring (bicyclic) bond motifs is 5. The zero-order valence-corrected chi connectivity index (χ0v) is 22.6. The topological polar surface area (TPSA) is 85.5 Å². The third-order valence-corrected chi connectivity index (χ3v) is 8.97. The number of amides is 3. The number of carbonyl (C=O) groups is 3. The molecule has 7 heteroatoms. The monoisotopic (exact) mass is 532 g/mol. The Labute approximate surface area is 233 Å². The molecule has 0 radical (unpaired) electrons. The van der Waals surface area contributed by atoms with E-state index >= 15 is 0 Å². The summed E-state index contributed by atoms with van der Waals surface area (Å²) >= 11 is 0. The van der Waals surface area contributed by atoms with Gasteiger partial charge in [-0.2, -0.15) is 0 Å². The number of piperidine rings is 1. The maximum atomic E-state index is 14.6. The highest BCUT2D eigenvalue weighted by molar-refractivity contribution is 6.00. The number of para-hydroxylation sites is 1. The summed E-state index contributed by atoms with van der Waals surface area (Å²) in [5, 5.41) is 3.92. The maximum Gasteiger partial charge on any atom is 0.246 e. The van der Waals surface area contributed by atoms with Crippen molar-refractivity contribution in [2.75, 3.05) is 5.32 Å². The molecule has 7 nitrogen and oxygen atoms in total. The number of H-pyrrole nitrogens is 1. The number of rotatable bonds is 3. The van der Waals surface area contributed by atoms with Crippen LogP contribution in [0.3, 0.4) is 0 Å². The highest BCUT2D eigenvalue weighted by Crippen LogP contribution is 2.48. The van der Waals surface area contributed by atoms with E-state index in [0.29, 0.717) is 18.5 Å². The Balaban J connectivity index is 1.33. The van der Waals surface area contributed by atoms with E-state index in [0.717, 1.165) is 39.7 Å². The smallest absolute Gasteiger partial charge is 0.246 e. The number of benzene rings is 3. The summed E-state index contributed by atoms with van der Waals surface area (Å²) in [7, 11) is 0. The van der Waals surface area contributed by atoms with Gasteiger partial charge in [-0.1, -0.05) is 67.6 Å². The Bertz CT molecular complexity index is 1630. The minimum Gasteiger partial charge on any atom is -0.356 e. The van der Waals surface area contributed by atoms with Gasteiger partial charge in [0.1, 0.15) is 12.1 Å². The van der Waals surface area contributed by atoms with Gasteiger partial charge in [-0.3, -0.25) is 14.4 Å². The molecule has 5 atom stereocenters. The number of anilines is 1. The zero-order chi connectivity index (χ0) is 27.5. The fourth-order valence-electron chi connectivity index (χ4n) is 7.25. The fraction of sp³-hybridized carbons (Fsp3) is 0.303. The van der Waals surface area contributed by atoms with Crippen molar-refractivity contribution in [1.29, 1.82) is 0 Å². The average molecular weight is 533 g/mol. The van der Waals surface area contributed by atoms with Gasteiger partial charge in [0.25, 0.3) is 0 Å². The van der Waals surface area contributed by atoms with E-state index in [2.05, 4.69) is 41.5 Å². The van der Waals surface area contributed by atoms with Crippen LogP contribution >= 0.6 is 0 Å². The lowest BCUT2D eigenvalue weighted by Gasteiger charge is -2.55. The molecule has 0 saturated carbocycles. The third-order valence-electron chi connectivity index (χ3n) is 8.97. The maximum absolute atomic E-state index is 14.6. The molecule has 2 saturated heterocycles. The molecular weight excluding hydrogens is 500 g/mol. The summed E-state index contributed by atoms with van der Waals surface area (Å²) in [6.07, 6.45) is 1.99. The predicted octanol–water partition coefficient (Wildman–Crippen LogP) is 5.35. The molecule has 0 bridgehead atoms. The van der Waals surface area contributed by atoms with Crippen LogP contribution in [0, 0.1) is 5.92 Å². The zero-order valence-electron chi connectivity index (χ0n) is 22.6. The largest absolute Gasteiger partial charge is 0.356 e. The van der Waals surface area contributed by atoms with Crippen LogP contribution in [0.4, 0.5) is 5.69 Å². The van der Waals surface area contributed by atoms with E-state index in [-0.39, 0.29) is 35.7 Å². The van der Waals surface area contributed by atoms with Crippen molar-refractivity contribution in [2.24, 2.45) is 5.92 Å². The molecule has 1 aromatic heterocycles. The Morgan fingerprint density at radius 3 is 2.27 bits per heavy atom. The van der Waals surface area contributed by atoms with Gasteiger partial charge in [-0.05, 0) is 53.6 Å². The van der Waals surface area contributed by atoms with Crippen LogP contribution < -0.4 is 5.32 Å². The number of aromatic amines is 1. The summed E-state index contributed by atoms with van der Waals surface area (Å²) in [6, 6.07) is 24.3. The second-order valence-corrected chi connectivity index (χ2v) is 11.4. The van der Waals surface area contributed by atoms with Crippen molar-refractivity contribution in [3.8, 4) is 0 Å². The molecule has 4 heterocycles. The van der Waals surface area contributed by atoms with Gasteiger partial charge in [-0.15, -0.1) is 0 Å². The number of aromatic nitrogens is 1. The van der Waals surface area contributed by atoms with Crippen LogP contribution in [0.5, 0.6) is 0 Å². The molecule has 0 unspecified atom stereocenters. The molecule has 40 heavy (non-hydrogen) atoms. The lowest BCUT2D eigenvalue weighted by molar-refractivity contribution is -0.172. The van der Waals surface area contributed by atoms with Crippen molar-refractivity contribution < 1.29 is 14.4 Å². The van der Waals surface area contributed by atoms with E-state index in [9.17, 15) is 14.4 Å². The first-order chi connectivity index (χ1) is 19.4. The fourth-order valence-corrected chi connectivity index (χ4v) is 7.25. The second kappa shape index (κ2) is 9.37. The van der Waals surface area contributed by atoms with Crippen molar-refractivity contribution in [3.05, 3.63) is 101 Å². The standard InChI is InChI=1S/C33H32N4O3/c1-19-12-17-27-32(39)37-28(33(40)36(27)30(19)22-13-15-23(16-14-22)34-20(2)38)18-25-24-10-6-7-11-26(24)35-29(25)31(37)21-8-4-3-5-9-21/h3-11,13-16,19,27-28,30-31,35H,12,17-18H2,1-2H3,(H,34,38)/t19-,27+,28+,30-,31-/m1/s1. The quantitative estimate of drug-likeness (QED) is 0.373. The normalized spacial score (nSPS) is 25.8. The first kappa shape index (κ1) is 24.6. The molecule has 3 aliphatic rings. The minimum atomic E-state index is -0.577. The SMILES string of the molecule is CC(=O)Nc1ccc([C@H]2[C@H](C)CC[C@H]3C(=O)N4[C@H](c5ccccc5)c5[nH]c6ccccc6c5C[C@H]4C(=O)N32)cc1. The van der Waals surface area contributed by atoms with Crippen LogP contribution in [0.2, 0.25) is 0 Å². The molecular formula is C33H32N4O3. The summed E-state index contributed by atoms with van der Waals surface area (Å²) in [5.74, 6) is 0.111. The molecule has 3 aliphatic heterocycles. The lowest BCUT2D eigenvalue weighted by atomic mass is 9.78. The summed E-state index contributed by atoms with van der Waals surface area (Å²) < 4.78 is 0. The lowest BCUT2D eigenvalue weighted by Crippen LogP contribution is -2.69. The number of nitrogens with zero attached hydrogens (tertiary/aromatic N) is 2. The van der Waals surface area contributed by atoms with Crippen molar-refractivity contribution in [3.63, 3.8) is 0 Å². The summed E-state index contributed by atoms with van der Waals surface area (Å²) in [5.41, 5.74) is 5.86. The van der Waals surface area contributed by atoms with Crippen LogP contribution in [0.1, 0.15) is 61.2 Å². The minimum absolute atomic E-state index is 0.0175. The number of carbonyl (C=O) groups excluding carboxylic acids is 3. The van der Waals surface area contributed by atoms with Crippen LogP contribution in [0.25, 0.3) is 10.9 Å². The van der Waals surface area contributed by atoms with Gasteiger partial charge in [0, 0.05) is 35.6 Å². The Kier molecular flexibility index (Phi) is 5.77. The molecule has 3 amide bonds. The molecule has 4 aromatic rings. The van der Waals surface area contributed by atoms with Gasteiger partial charge in [-0.25, -0.2) is 0 Å². The first-order valence-corrected chi connectivity index (χ1v) is 14.1. The van der Waals surface area contributed by atoms with E-state index in [1.165, 1.54) is 6.92 Å². The highest BCUT2D eigenvalue weighted by atomic mass is 16.2. The number of hydrogen-bond donors (Lipinski definition) is 2. The molecule has 3 aromatic carbocycles. The van der Waals surface area contributed by atoms with Gasteiger partial charge < -0.3 is 20.1 Å². The Hall–Kier alpha value is -4.39. The van der Waals surface area contributed by atoms with Gasteiger partial charge >= 0.3 is 0 Å². The molecule has 202 valence electrons. The molecule has 2 fully saturated rings. The van der Waals surface area contributed by atoms with Crippen LogP contribution in [-0.2, 0) is 20.8 Å². The number of nitrogens with one attached hydrogen (secondary N) is 2. The second-order valence-electron chi connectivity index (χ2n) is 11.4. The predicted molar refractivity (Wildman–Crippen MR) is 153 cm³/mol. The van der Waals surface area contributed by atoms with Gasteiger partial charge in [0.15, 0.2) is 0 Å². The molecule has 0 spiro atoms. The molecule has 2 N–H and O–H groups in total. The molecule has 0 aliphatic carbocycles. The summed E-state index contributed by atoms with van der Waals surface area (Å²) in [6.45, 7) is 3.65. The number of hydrogen-bond acceptors (Lipinski definition) is 3. The highest BCUT2D eigenvalue weighted by Gasteiger charge is 2.55. The third kappa shape index (κ3) is 3.75. The van der Waals surface area contributed by atoms with Gasteiger partial charge in [0.2, 0.25) is 17.7 Å². The van der Waals surface area contributed by atoms with E-state index in [1.54, 1.807) is 0 Å². The van der Waals surface area contributed by atoms with Crippen molar-refractivity contribution in [1.82, 2.24) is 14.8 Å².